The highest BCUT2D eigenvalue weighted by Crippen LogP contribution is 2.48. The molecule has 0 fully saturated rings. The van der Waals surface area contributed by atoms with Gasteiger partial charge in [-0.25, -0.2) is 34.5 Å². The van der Waals surface area contributed by atoms with E-state index in [0.717, 1.165) is 22.6 Å². The monoisotopic (exact) mass is 757 g/mol. The lowest BCUT2D eigenvalue weighted by Gasteiger charge is -2.25. The summed E-state index contributed by atoms with van der Waals surface area (Å²) in [7, 11) is 0. The van der Waals surface area contributed by atoms with Gasteiger partial charge in [0.05, 0.1) is 37.1 Å². The van der Waals surface area contributed by atoms with Crippen LogP contribution in [0.2, 0.25) is 0 Å². The van der Waals surface area contributed by atoms with Crippen LogP contribution in [0.25, 0.3) is 21.5 Å². The normalized spacial score (nSPS) is 11.8. The van der Waals surface area contributed by atoms with Gasteiger partial charge in [-0.15, -0.1) is 0 Å². The molecule has 0 saturated heterocycles. The molecule has 0 heterocycles. The van der Waals surface area contributed by atoms with Crippen molar-refractivity contribution in [2.24, 2.45) is 20.2 Å². The molecule has 2 amide bonds. The number of nitrogens with zero attached hydrogens (tertiary/aromatic N) is 7. The highest BCUT2D eigenvalue weighted by Gasteiger charge is 2.27. The Hall–Kier alpha value is -8.53. The molecule has 12 nitrogen and oxygen atoms in total. The van der Waals surface area contributed by atoms with Crippen molar-refractivity contribution in [1.82, 2.24) is 5.32 Å². The van der Waals surface area contributed by atoms with Crippen LogP contribution in [0.15, 0.2) is 165 Å². The quantitative estimate of drug-likeness (QED) is 0.0417. The number of hydrogen-bond acceptors (Lipinski definition) is 9. The van der Waals surface area contributed by atoms with E-state index in [2.05, 4.69) is 64.9 Å². The maximum atomic E-state index is 13.1. The Morgan fingerprint density at radius 1 is 0.638 bits per heavy atom. The number of rotatable bonds is 12. The number of aliphatic imine (C=N–C) groups is 2. The summed E-state index contributed by atoms with van der Waals surface area (Å²) in [6.45, 7) is 8.01. The molecule has 2 N–H and O–H groups in total. The SMILES string of the molecule is [C-]#[N+]C(C#N)=C1c2ccc(N=Nc3ccc(N(c4ccccc4)c4ccccc4)cc3)cc2-c2cc(NC(=O)NCc3cc(CN=C=O)cc(CN=C=O)c3)ccc21. The molecule has 0 spiro atoms. The summed E-state index contributed by atoms with van der Waals surface area (Å²) in [5.74, 6) is 0. The van der Waals surface area contributed by atoms with E-state index in [1.807, 2.05) is 78.9 Å². The molecule has 1 aliphatic rings. The summed E-state index contributed by atoms with van der Waals surface area (Å²) in [4.78, 5) is 47.3. The molecule has 58 heavy (non-hydrogen) atoms. The molecule has 0 aromatic heterocycles. The molecule has 6 aromatic carbocycles. The van der Waals surface area contributed by atoms with Crippen molar-refractivity contribution < 1.29 is 14.4 Å². The van der Waals surface area contributed by atoms with Crippen LogP contribution in [0.1, 0.15) is 27.8 Å². The van der Waals surface area contributed by atoms with Crippen LogP contribution in [0.3, 0.4) is 0 Å². The minimum absolute atomic E-state index is 0.0489. The highest BCUT2D eigenvalue weighted by molar-refractivity contribution is 6.05. The maximum absolute atomic E-state index is 13.1. The molecule has 0 aliphatic heterocycles. The lowest BCUT2D eigenvalue weighted by Crippen LogP contribution is -2.28. The number of isocyanates is 2. The zero-order chi connectivity index (χ0) is 40.3. The van der Waals surface area contributed by atoms with Gasteiger partial charge in [0.2, 0.25) is 12.2 Å². The number of allylic oxidation sites excluding steroid dienone is 1. The van der Waals surface area contributed by atoms with Gasteiger partial charge >= 0.3 is 6.03 Å². The largest absolute Gasteiger partial charge is 0.334 e. The molecular weight excluding hydrogens is 727 g/mol. The van der Waals surface area contributed by atoms with Gasteiger partial charge in [0, 0.05) is 34.9 Å². The first-order valence-electron chi connectivity index (χ1n) is 17.9. The Kier molecular flexibility index (Phi) is 11.6. The Labute approximate surface area is 333 Å². The number of carbonyl (C=O) groups excluding carboxylic acids is 3. The lowest BCUT2D eigenvalue weighted by atomic mass is 10.0. The zero-order valence-corrected chi connectivity index (χ0v) is 30.8. The van der Waals surface area contributed by atoms with Crippen molar-refractivity contribution in [2.75, 3.05) is 10.2 Å². The van der Waals surface area contributed by atoms with Crippen LogP contribution in [0, 0.1) is 17.9 Å². The van der Waals surface area contributed by atoms with Crippen molar-refractivity contribution in [2.45, 2.75) is 19.6 Å². The number of amides is 2. The standard InChI is InChI=1S/C46H31N9O3/c1-48-44(25-47)45-40-18-14-35(52-46(58)51-28-33-21-31(26-49-29-56)20-32(22-33)27-50-30-57)23-42(40)43-24-36(15-19-41(43)45)54-53-34-12-16-39(17-13-34)55(37-8-4-2-5-9-37)38-10-6-3-7-11-38/h2-24H,26-28H2,(H2,51,52,58). The molecule has 0 radical (unpaired) electrons. The van der Waals surface area contributed by atoms with Crippen molar-refractivity contribution >= 4 is 57.9 Å². The molecule has 12 heteroatoms. The van der Waals surface area contributed by atoms with E-state index in [1.54, 1.807) is 42.5 Å². The third-order valence-electron chi connectivity index (χ3n) is 9.20. The van der Waals surface area contributed by atoms with Gasteiger partial charge in [0.25, 0.3) is 5.70 Å². The number of hydrogen-bond donors (Lipinski definition) is 2. The van der Waals surface area contributed by atoms with Crippen molar-refractivity contribution in [3.8, 4) is 17.2 Å². The summed E-state index contributed by atoms with van der Waals surface area (Å²) in [5, 5.41) is 24.6. The van der Waals surface area contributed by atoms with Crippen LogP contribution < -0.4 is 15.5 Å². The fourth-order valence-electron chi connectivity index (χ4n) is 6.75. The van der Waals surface area contributed by atoms with E-state index in [4.69, 9.17) is 6.57 Å². The van der Waals surface area contributed by atoms with Crippen LogP contribution in [0.5, 0.6) is 0 Å². The third-order valence-corrected chi connectivity index (χ3v) is 9.20. The number of para-hydroxylation sites is 2. The predicted molar refractivity (Wildman–Crippen MR) is 221 cm³/mol. The van der Waals surface area contributed by atoms with Crippen molar-refractivity contribution in [3.05, 3.63) is 184 Å². The van der Waals surface area contributed by atoms with E-state index in [9.17, 15) is 19.6 Å². The second-order valence-corrected chi connectivity index (χ2v) is 12.9. The second kappa shape index (κ2) is 17.7. The van der Waals surface area contributed by atoms with E-state index < -0.39 is 6.03 Å². The van der Waals surface area contributed by atoms with Gasteiger partial charge in [-0.1, -0.05) is 66.7 Å². The Balaban J connectivity index is 1.12. The summed E-state index contributed by atoms with van der Waals surface area (Å²) in [6, 6.07) is 45.6. The van der Waals surface area contributed by atoms with Crippen LogP contribution >= 0.6 is 0 Å². The van der Waals surface area contributed by atoms with Crippen molar-refractivity contribution in [3.63, 3.8) is 0 Å². The fourth-order valence-corrected chi connectivity index (χ4v) is 6.75. The average molecular weight is 758 g/mol. The summed E-state index contributed by atoms with van der Waals surface area (Å²) in [5.41, 5.74) is 10.1. The molecule has 278 valence electrons. The number of anilines is 4. The number of carbonyl (C=O) groups is 1. The van der Waals surface area contributed by atoms with Gasteiger partial charge in [0.1, 0.15) is 0 Å². The Morgan fingerprint density at radius 3 is 1.76 bits per heavy atom. The van der Waals surface area contributed by atoms with Crippen LogP contribution in [-0.4, -0.2) is 18.2 Å². The molecule has 6 aromatic rings. The van der Waals surface area contributed by atoms with Crippen LogP contribution in [0.4, 0.5) is 38.9 Å². The number of nitriles is 1. The number of fused-ring (bicyclic) bond motifs is 3. The van der Waals surface area contributed by atoms with E-state index in [-0.39, 0.29) is 25.3 Å². The molecule has 0 saturated carbocycles. The predicted octanol–water partition coefficient (Wildman–Crippen LogP) is 10.7. The average Bonchev–Trinajstić information content (AvgIpc) is 3.58. The lowest BCUT2D eigenvalue weighted by molar-refractivity contribution is 0.251. The van der Waals surface area contributed by atoms with E-state index in [1.165, 1.54) is 12.2 Å². The fraction of sp³-hybridized carbons (Fsp3) is 0.0652. The molecule has 0 bridgehead atoms. The number of nitrogens with one attached hydrogen (secondary N) is 2. The Bertz CT molecular complexity index is 2660. The van der Waals surface area contributed by atoms with Gasteiger partial charge in [-0.2, -0.15) is 10.2 Å². The second-order valence-electron chi connectivity index (χ2n) is 12.9. The summed E-state index contributed by atoms with van der Waals surface area (Å²) in [6.07, 6.45) is 3.02. The minimum Gasteiger partial charge on any atom is -0.334 e. The molecule has 0 atom stereocenters. The maximum Gasteiger partial charge on any atom is 0.319 e. The topological polar surface area (TPSA) is 156 Å². The molecule has 1 aliphatic carbocycles. The van der Waals surface area contributed by atoms with Crippen molar-refractivity contribution in [1.29, 1.82) is 5.26 Å². The van der Waals surface area contributed by atoms with Gasteiger partial charge in [-0.05, 0) is 112 Å². The van der Waals surface area contributed by atoms with Gasteiger partial charge < -0.3 is 15.5 Å². The summed E-state index contributed by atoms with van der Waals surface area (Å²) >= 11 is 0. The Morgan fingerprint density at radius 2 is 1.17 bits per heavy atom. The first-order valence-corrected chi connectivity index (χ1v) is 17.9. The number of urea groups is 1. The molecule has 7 rings (SSSR count). The molecular formula is C46H31N9O3. The van der Waals surface area contributed by atoms with E-state index >= 15 is 0 Å². The minimum atomic E-state index is -0.485. The zero-order valence-electron chi connectivity index (χ0n) is 30.8. The third kappa shape index (κ3) is 8.55. The summed E-state index contributed by atoms with van der Waals surface area (Å²) < 4.78 is 0. The smallest absolute Gasteiger partial charge is 0.319 e. The first-order chi connectivity index (χ1) is 28.5. The first kappa shape index (κ1) is 37.8. The number of benzene rings is 6. The van der Waals surface area contributed by atoms with Gasteiger partial charge in [-0.3, -0.25) is 0 Å². The van der Waals surface area contributed by atoms with E-state index in [0.29, 0.717) is 56.0 Å². The van der Waals surface area contributed by atoms with Crippen LogP contribution in [-0.2, 0) is 29.2 Å². The van der Waals surface area contributed by atoms with Gasteiger partial charge in [0.15, 0.2) is 0 Å². The highest BCUT2D eigenvalue weighted by atomic mass is 16.2. The molecule has 0 unspecified atom stereocenters. The number of azo groups is 1.